The zero-order valence-electron chi connectivity index (χ0n) is 17.3. The summed E-state index contributed by atoms with van der Waals surface area (Å²) in [7, 11) is 0. The summed E-state index contributed by atoms with van der Waals surface area (Å²) in [5, 5.41) is 0. The number of cyclic esters (lactones) is 1. The van der Waals surface area contributed by atoms with E-state index in [1.807, 2.05) is 18.4 Å². The molecule has 0 saturated carbocycles. The summed E-state index contributed by atoms with van der Waals surface area (Å²) in [5.41, 5.74) is 4.24. The van der Waals surface area contributed by atoms with E-state index in [1.165, 1.54) is 11.1 Å². The molecule has 0 saturated heterocycles. The average molecular weight is 392 g/mol. The Hall–Kier alpha value is -3.01. The molecule has 1 aliphatic heterocycles. The molecule has 0 aromatic carbocycles. The van der Waals surface area contributed by atoms with Crippen LogP contribution in [0.2, 0.25) is 0 Å². The van der Waals surface area contributed by atoms with E-state index >= 15 is 0 Å². The molecule has 0 fully saturated rings. The Morgan fingerprint density at radius 2 is 2.10 bits per heavy atom. The molecule has 2 aromatic heterocycles. The lowest BCUT2D eigenvalue weighted by atomic mass is 10.1. The van der Waals surface area contributed by atoms with Crippen LogP contribution in [0.15, 0.2) is 87.0 Å². The van der Waals surface area contributed by atoms with Crippen LogP contribution in [-0.2, 0) is 22.4 Å². The first kappa shape index (κ1) is 20.7. The van der Waals surface area contributed by atoms with Gasteiger partial charge in [0, 0.05) is 12.0 Å². The van der Waals surface area contributed by atoms with Gasteiger partial charge in [0.05, 0.1) is 18.8 Å². The monoisotopic (exact) mass is 392 g/mol. The Morgan fingerprint density at radius 1 is 1.24 bits per heavy atom. The summed E-state index contributed by atoms with van der Waals surface area (Å²) in [5.74, 6) is 1.68. The van der Waals surface area contributed by atoms with Crippen LogP contribution in [-0.4, -0.2) is 5.97 Å². The van der Waals surface area contributed by atoms with Crippen LogP contribution in [0.25, 0.3) is 0 Å². The molecule has 0 bridgehead atoms. The molecular formula is C25H28O4. The minimum atomic E-state index is -0.246. The van der Waals surface area contributed by atoms with Gasteiger partial charge < -0.3 is 13.6 Å². The first-order valence-electron chi connectivity index (χ1n) is 10.0. The van der Waals surface area contributed by atoms with Crippen molar-refractivity contribution in [2.24, 2.45) is 5.92 Å². The van der Waals surface area contributed by atoms with E-state index in [1.54, 1.807) is 25.5 Å². The van der Waals surface area contributed by atoms with E-state index in [9.17, 15) is 4.79 Å². The van der Waals surface area contributed by atoms with Gasteiger partial charge in [0.25, 0.3) is 0 Å². The van der Waals surface area contributed by atoms with Crippen molar-refractivity contribution in [2.75, 3.05) is 0 Å². The maximum Gasteiger partial charge on any atom is 0.339 e. The normalized spacial score (nSPS) is 17.2. The van der Waals surface area contributed by atoms with E-state index in [0.29, 0.717) is 17.3 Å². The molecule has 4 heteroatoms. The second kappa shape index (κ2) is 9.97. The van der Waals surface area contributed by atoms with E-state index in [2.05, 4.69) is 38.1 Å². The standard InChI is InChI=1S/C25H28O4/c1-18(6-4-8-19(2)12-24-13-20(3)25(26)29-24)7-5-9-21-14-23(28-17-21)15-22-10-11-27-16-22/h4,6-7,10-14,16-17,19H,5,8-9,15H2,1-3H3/b6-4+,18-7+,24-12+. The summed E-state index contributed by atoms with van der Waals surface area (Å²) in [6.45, 7) is 6.00. The van der Waals surface area contributed by atoms with E-state index < -0.39 is 0 Å². The van der Waals surface area contributed by atoms with Crippen molar-refractivity contribution < 1.29 is 18.4 Å². The number of aryl methyl sites for hydroxylation is 1. The van der Waals surface area contributed by atoms with Crippen LogP contribution in [0.3, 0.4) is 0 Å². The molecule has 0 aliphatic carbocycles. The lowest BCUT2D eigenvalue weighted by Crippen LogP contribution is -1.96. The topological polar surface area (TPSA) is 52.6 Å². The lowest BCUT2D eigenvalue weighted by Gasteiger charge is -2.03. The predicted molar refractivity (Wildman–Crippen MR) is 113 cm³/mol. The molecule has 0 spiro atoms. The highest BCUT2D eigenvalue weighted by atomic mass is 16.5. The Labute approximate surface area is 172 Å². The van der Waals surface area contributed by atoms with Gasteiger partial charge in [0.15, 0.2) is 0 Å². The number of ether oxygens (including phenoxy) is 1. The Bertz CT molecular complexity index is 935. The van der Waals surface area contributed by atoms with Crippen molar-refractivity contribution in [1.82, 2.24) is 0 Å². The minimum absolute atomic E-state index is 0.246. The van der Waals surface area contributed by atoms with Gasteiger partial charge in [0.2, 0.25) is 0 Å². The highest BCUT2D eigenvalue weighted by Gasteiger charge is 2.16. The maximum atomic E-state index is 11.4. The molecule has 1 aliphatic rings. The fourth-order valence-electron chi connectivity index (χ4n) is 3.17. The molecule has 2 aromatic rings. The van der Waals surface area contributed by atoms with Crippen molar-refractivity contribution in [3.63, 3.8) is 0 Å². The fourth-order valence-corrected chi connectivity index (χ4v) is 3.17. The predicted octanol–water partition coefficient (Wildman–Crippen LogP) is 6.31. The molecule has 29 heavy (non-hydrogen) atoms. The Balaban J connectivity index is 1.40. The summed E-state index contributed by atoms with van der Waals surface area (Å²) in [6, 6.07) is 4.07. The van der Waals surface area contributed by atoms with E-state index in [-0.39, 0.29) is 5.97 Å². The van der Waals surface area contributed by atoms with Gasteiger partial charge in [0.1, 0.15) is 11.5 Å². The van der Waals surface area contributed by atoms with Crippen LogP contribution in [0.1, 0.15) is 50.5 Å². The van der Waals surface area contributed by atoms with Crippen LogP contribution < -0.4 is 0 Å². The molecule has 0 radical (unpaired) electrons. The van der Waals surface area contributed by atoms with Crippen LogP contribution in [0, 0.1) is 5.92 Å². The Kier molecular flexibility index (Phi) is 7.12. The second-order valence-electron chi connectivity index (χ2n) is 7.62. The number of furan rings is 2. The van der Waals surface area contributed by atoms with Gasteiger partial charge >= 0.3 is 5.97 Å². The minimum Gasteiger partial charge on any atom is -0.472 e. The largest absolute Gasteiger partial charge is 0.472 e. The smallest absolute Gasteiger partial charge is 0.339 e. The first-order chi connectivity index (χ1) is 14.0. The summed E-state index contributed by atoms with van der Waals surface area (Å²) >= 11 is 0. The van der Waals surface area contributed by atoms with Crippen molar-refractivity contribution in [1.29, 1.82) is 0 Å². The van der Waals surface area contributed by atoms with Gasteiger partial charge in [-0.15, -0.1) is 0 Å². The third-order valence-corrected chi connectivity index (χ3v) is 4.79. The molecule has 3 heterocycles. The number of carbonyl (C=O) groups is 1. The summed E-state index contributed by atoms with van der Waals surface area (Å²) in [6.07, 6.45) is 19.2. The van der Waals surface area contributed by atoms with Crippen molar-refractivity contribution in [2.45, 2.75) is 46.5 Å². The number of hydrogen-bond acceptors (Lipinski definition) is 4. The quantitative estimate of drug-likeness (QED) is 0.370. The number of hydrogen-bond donors (Lipinski definition) is 0. The second-order valence-corrected chi connectivity index (χ2v) is 7.62. The molecule has 0 amide bonds. The molecule has 0 N–H and O–H groups in total. The molecule has 1 unspecified atom stereocenters. The number of esters is 1. The van der Waals surface area contributed by atoms with E-state index in [4.69, 9.17) is 13.6 Å². The first-order valence-corrected chi connectivity index (χ1v) is 10.0. The van der Waals surface area contributed by atoms with Crippen LogP contribution >= 0.6 is 0 Å². The fraction of sp³-hybridized carbons (Fsp3) is 0.320. The number of rotatable bonds is 9. The van der Waals surface area contributed by atoms with Crippen molar-refractivity contribution >= 4 is 5.97 Å². The highest BCUT2D eigenvalue weighted by molar-refractivity contribution is 5.92. The lowest BCUT2D eigenvalue weighted by molar-refractivity contribution is -0.133. The molecular weight excluding hydrogens is 364 g/mol. The maximum absolute atomic E-state index is 11.4. The zero-order chi connectivity index (χ0) is 20.6. The van der Waals surface area contributed by atoms with Crippen LogP contribution in [0.4, 0.5) is 0 Å². The van der Waals surface area contributed by atoms with Crippen molar-refractivity contribution in [3.05, 3.63) is 95.1 Å². The molecule has 1 atom stereocenters. The third-order valence-electron chi connectivity index (χ3n) is 4.79. The van der Waals surface area contributed by atoms with Crippen LogP contribution in [0.5, 0.6) is 0 Å². The number of allylic oxidation sites excluding steroid dienone is 6. The average Bonchev–Trinajstić information content (AvgIpc) is 3.39. The molecule has 4 nitrogen and oxygen atoms in total. The van der Waals surface area contributed by atoms with Crippen molar-refractivity contribution in [3.8, 4) is 0 Å². The zero-order valence-corrected chi connectivity index (χ0v) is 17.3. The molecule has 152 valence electrons. The van der Waals surface area contributed by atoms with Gasteiger partial charge in [-0.1, -0.05) is 30.7 Å². The SMILES string of the molecule is CC1=C/C(=C\C(C)C/C=C/C(C)=C/CCc2coc(Cc3ccoc3)c2)OC1=O. The summed E-state index contributed by atoms with van der Waals surface area (Å²) < 4.78 is 15.9. The van der Waals surface area contributed by atoms with Gasteiger partial charge in [-0.3, -0.25) is 0 Å². The molecule has 3 rings (SSSR count). The van der Waals surface area contributed by atoms with Gasteiger partial charge in [-0.05, 0) is 74.4 Å². The third kappa shape index (κ3) is 6.53. The van der Waals surface area contributed by atoms with E-state index in [0.717, 1.165) is 37.0 Å². The van der Waals surface area contributed by atoms with Gasteiger partial charge in [-0.25, -0.2) is 4.79 Å². The summed E-state index contributed by atoms with van der Waals surface area (Å²) in [4.78, 5) is 11.4. The highest BCUT2D eigenvalue weighted by Crippen LogP contribution is 2.20. The number of carbonyl (C=O) groups excluding carboxylic acids is 1. The van der Waals surface area contributed by atoms with Gasteiger partial charge in [-0.2, -0.15) is 0 Å². The Morgan fingerprint density at radius 3 is 2.83 bits per heavy atom.